The highest BCUT2D eigenvalue weighted by Gasteiger charge is 2.32. The van der Waals surface area contributed by atoms with Gasteiger partial charge in [0.25, 0.3) is 0 Å². The van der Waals surface area contributed by atoms with E-state index >= 15 is 0 Å². The summed E-state index contributed by atoms with van der Waals surface area (Å²) in [6.07, 6.45) is 6.39. The van der Waals surface area contributed by atoms with Crippen LogP contribution in [0.2, 0.25) is 0 Å². The van der Waals surface area contributed by atoms with Crippen molar-refractivity contribution in [2.75, 3.05) is 13.2 Å². The molecule has 0 fully saturated rings. The van der Waals surface area contributed by atoms with Crippen LogP contribution in [0.4, 0.5) is 0 Å². The molecule has 0 aliphatic carbocycles. The van der Waals surface area contributed by atoms with E-state index in [1.54, 1.807) is 6.92 Å². The zero-order valence-electron chi connectivity index (χ0n) is 10.1. The number of allylic oxidation sites excluding steroid dienone is 2. The molecule has 0 bridgehead atoms. The lowest BCUT2D eigenvalue weighted by atomic mass is 10.1. The van der Waals surface area contributed by atoms with Gasteiger partial charge in [-0.05, 0) is 19.8 Å². The molecule has 2 aliphatic rings. The van der Waals surface area contributed by atoms with Crippen LogP contribution in [0.1, 0.15) is 19.8 Å². The number of carbonyl (C=O) groups excluding carboxylic acids is 2. The maximum atomic E-state index is 11.6. The van der Waals surface area contributed by atoms with Gasteiger partial charge in [-0.25, -0.2) is 9.59 Å². The third-order valence-corrected chi connectivity index (χ3v) is 2.55. The molecule has 0 aromatic rings. The Kier molecular flexibility index (Phi) is 3.82. The second-order valence-corrected chi connectivity index (χ2v) is 3.78. The molecule has 0 saturated heterocycles. The van der Waals surface area contributed by atoms with Gasteiger partial charge in [-0.3, -0.25) is 0 Å². The van der Waals surface area contributed by atoms with Crippen LogP contribution in [-0.2, 0) is 23.8 Å². The highest BCUT2D eigenvalue weighted by molar-refractivity contribution is 5.94. The second kappa shape index (κ2) is 5.53. The van der Waals surface area contributed by atoms with Gasteiger partial charge in [-0.1, -0.05) is 12.2 Å². The average molecular weight is 250 g/mol. The number of rotatable bonds is 2. The SMILES string of the molecule is CCOC(=O)/C=C1\OC(=O)C2=C1CC/C=C\CO2. The maximum absolute atomic E-state index is 11.6. The van der Waals surface area contributed by atoms with Crippen LogP contribution in [-0.4, -0.2) is 25.2 Å². The van der Waals surface area contributed by atoms with Crippen molar-refractivity contribution in [3.8, 4) is 0 Å². The fraction of sp³-hybridized carbons (Fsp3) is 0.385. The topological polar surface area (TPSA) is 61.8 Å². The highest BCUT2D eigenvalue weighted by Crippen LogP contribution is 2.31. The molecule has 5 nitrogen and oxygen atoms in total. The van der Waals surface area contributed by atoms with Crippen molar-refractivity contribution in [1.29, 1.82) is 0 Å². The van der Waals surface area contributed by atoms with Crippen LogP contribution < -0.4 is 0 Å². The molecular weight excluding hydrogens is 236 g/mol. The molecule has 0 atom stereocenters. The van der Waals surface area contributed by atoms with Crippen molar-refractivity contribution >= 4 is 11.9 Å². The normalized spacial score (nSPS) is 22.7. The van der Waals surface area contributed by atoms with E-state index in [0.29, 0.717) is 18.6 Å². The highest BCUT2D eigenvalue weighted by atomic mass is 16.6. The number of hydrogen-bond acceptors (Lipinski definition) is 5. The van der Waals surface area contributed by atoms with Gasteiger partial charge in [-0.2, -0.15) is 0 Å². The van der Waals surface area contributed by atoms with Gasteiger partial charge in [0, 0.05) is 5.57 Å². The lowest BCUT2D eigenvalue weighted by molar-refractivity contribution is -0.138. The third kappa shape index (κ3) is 2.61. The molecule has 96 valence electrons. The van der Waals surface area contributed by atoms with Crippen LogP contribution in [0.5, 0.6) is 0 Å². The van der Waals surface area contributed by atoms with E-state index in [2.05, 4.69) is 0 Å². The Morgan fingerprint density at radius 3 is 3.11 bits per heavy atom. The molecule has 18 heavy (non-hydrogen) atoms. The number of hydrogen-bond donors (Lipinski definition) is 0. The molecule has 2 heterocycles. The van der Waals surface area contributed by atoms with E-state index in [4.69, 9.17) is 14.2 Å². The van der Waals surface area contributed by atoms with Crippen molar-refractivity contribution in [3.05, 3.63) is 35.3 Å². The molecule has 0 spiro atoms. The largest absolute Gasteiger partial charge is 0.482 e. The van der Waals surface area contributed by atoms with Crippen LogP contribution >= 0.6 is 0 Å². The first-order valence-corrected chi connectivity index (χ1v) is 5.84. The minimum Gasteiger partial charge on any atom is -0.482 e. The molecule has 0 amide bonds. The molecule has 0 saturated carbocycles. The van der Waals surface area contributed by atoms with E-state index in [0.717, 1.165) is 6.42 Å². The number of cyclic esters (lactones) is 1. The van der Waals surface area contributed by atoms with Crippen molar-refractivity contribution in [2.45, 2.75) is 19.8 Å². The van der Waals surface area contributed by atoms with Crippen LogP contribution in [0, 0.1) is 0 Å². The summed E-state index contributed by atoms with van der Waals surface area (Å²) in [4.78, 5) is 23.0. The van der Waals surface area contributed by atoms with E-state index in [1.165, 1.54) is 6.08 Å². The Morgan fingerprint density at radius 2 is 2.33 bits per heavy atom. The number of esters is 2. The molecule has 0 radical (unpaired) electrons. The molecule has 0 N–H and O–H groups in total. The monoisotopic (exact) mass is 250 g/mol. The van der Waals surface area contributed by atoms with Crippen LogP contribution in [0.3, 0.4) is 0 Å². The Balaban J connectivity index is 2.23. The summed E-state index contributed by atoms with van der Waals surface area (Å²) in [7, 11) is 0. The predicted octanol–water partition coefficient (Wildman–Crippen LogP) is 1.61. The van der Waals surface area contributed by atoms with Crippen molar-refractivity contribution in [1.82, 2.24) is 0 Å². The summed E-state index contributed by atoms with van der Waals surface area (Å²) < 4.78 is 15.1. The van der Waals surface area contributed by atoms with Crippen molar-refractivity contribution in [2.24, 2.45) is 0 Å². The standard InChI is InChI=1S/C13H14O5/c1-2-16-11(14)8-10-9-6-4-3-5-7-17-12(9)13(15)18-10/h3,5,8H,2,4,6-7H2,1H3/b5-3-,10-8-. The molecule has 0 unspecified atom stereocenters. The molecule has 2 aliphatic heterocycles. The Bertz CT molecular complexity index is 456. The third-order valence-electron chi connectivity index (χ3n) is 2.55. The van der Waals surface area contributed by atoms with Gasteiger partial charge in [0.1, 0.15) is 12.4 Å². The first kappa shape index (κ1) is 12.4. The van der Waals surface area contributed by atoms with Crippen LogP contribution in [0.25, 0.3) is 0 Å². The maximum Gasteiger partial charge on any atom is 0.379 e. The summed E-state index contributed by atoms with van der Waals surface area (Å²) >= 11 is 0. The molecular formula is C13H14O5. The zero-order chi connectivity index (χ0) is 13.0. The fourth-order valence-corrected chi connectivity index (χ4v) is 1.78. The van der Waals surface area contributed by atoms with Crippen molar-refractivity contribution < 1.29 is 23.8 Å². The Morgan fingerprint density at radius 1 is 1.50 bits per heavy atom. The quantitative estimate of drug-likeness (QED) is 0.423. The molecule has 5 heteroatoms. The smallest absolute Gasteiger partial charge is 0.379 e. The van der Waals surface area contributed by atoms with Crippen molar-refractivity contribution in [3.63, 3.8) is 0 Å². The van der Waals surface area contributed by atoms with Gasteiger partial charge < -0.3 is 14.2 Å². The lowest BCUT2D eigenvalue weighted by Gasteiger charge is -2.06. The molecule has 2 rings (SSSR count). The van der Waals surface area contributed by atoms with Gasteiger partial charge in [0.05, 0.1) is 12.7 Å². The summed E-state index contributed by atoms with van der Waals surface area (Å²) in [5.74, 6) is -0.624. The van der Waals surface area contributed by atoms with Crippen LogP contribution in [0.15, 0.2) is 35.3 Å². The fourth-order valence-electron chi connectivity index (χ4n) is 1.78. The number of carbonyl (C=O) groups is 2. The minimum atomic E-state index is -0.546. The Hall–Kier alpha value is -2.04. The summed E-state index contributed by atoms with van der Waals surface area (Å²) in [6.45, 7) is 2.33. The van der Waals surface area contributed by atoms with E-state index in [-0.39, 0.29) is 18.1 Å². The first-order valence-electron chi connectivity index (χ1n) is 5.84. The van der Waals surface area contributed by atoms with Gasteiger partial charge in [0.15, 0.2) is 0 Å². The van der Waals surface area contributed by atoms with Gasteiger partial charge in [-0.15, -0.1) is 0 Å². The van der Waals surface area contributed by atoms with E-state index in [9.17, 15) is 9.59 Å². The summed E-state index contributed by atoms with van der Waals surface area (Å²) in [5.41, 5.74) is 0.636. The number of ether oxygens (including phenoxy) is 3. The minimum absolute atomic E-state index is 0.204. The first-order chi connectivity index (χ1) is 8.72. The molecule has 0 aromatic carbocycles. The van der Waals surface area contributed by atoms with Gasteiger partial charge in [0.2, 0.25) is 5.76 Å². The van der Waals surface area contributed by atoms with E-state index in [1.807, 2.05) is 12.2 Å². The van der Waals surface area contributed by atoms with E-state index < -0.39 is 11.9 Å². The zero-order valence-corrected chi connectivity index (χ0v) is 10.1. The average Bonchev–Trinajstić information content (AvgIpc) is 2.53. The van der Waals surface area contributed by atoms with Gasteiger partial charge >= 0.3 is 11.9 Å². The summed E-state index contributed by atoms with van der Waals surface area (Å²) in [5, 5.41) is 0. The molecule has 0 aromatic heterocycles. The predicted molar refractivity (Wildman–Crippen MR) is 62.2 cm³/mol. The lowest BCUT2D eigenvalue weighted by Crippen LogP contribution is -2.04. The second-order valence-electron chi connectivity index (χ2n) is 3.78. The summed E-state index contributed by atoms with van der Waals surface area (Å²) in [6, 6.07) is 0. The Labute approximate surface area is 105 Å².